The lowest BCUT2D eigenvalue weighted by Crippen LogP contribution is -2.31. The van der Waals surface area contributed by atoms with Gasteiger partial charge in [-0.05, 0) is 30.4 Å². The average Bonchev–Trinajstić information content (AvgIpc) is 2.85. The van der Waals surface area contributed by atoms with Crippen LogP contribution in [0.3, 0.4) is 0 Å². The summed E-state index contributed by atoms with van der Waals surface area (Å²) >= 11 is 1.91. The highest BCUT2D eigenvalue weighted by molar-refractivity contribution is 7.98. The summed E-state index contributed by atoms with van der Waals surface area (Å²) in [5.74, 6) is 1.47. The van der Waals surface area contributed by atoms with Crippen molar-refractivity contribution in [2.75, 3.05) is 25.1 Å². The molecule has 0 radical (unpaired) electrons. The number of carbonyl (C=O) groups is 1. The van der Waals surface area contributed by atoms with Gasteiger partial charge in [0.15, 0.2) is 0 Å². The number of carbonyl (C=O) groups excluding carboxylic acids is 1. The molecule has 1 saturated heterocycles. The molecule has 0 aromatic heterocycles. The Bertz CT molecular complexity index is 410. The third-order valence-electron chi connectivity index (χ3n) is 3.69. The van der Waals surface area contributed by atoms with Crippen molar-refractivity contribution in [3.8, 4) is 0 Å². The normalized spacial score (nSPS) is 18.8. The van der Waals surface area contributed by atoms with Crippen LogP contribution in [0.1, 0.15) is 37.4 Å². The van der Waals surface area contributed by atoms with Gasteiger partial charge in [-0.15, -0.1) is 0 Å². The van der Waals surface area contributed by atoms with Crippen molar-refractivity contribution in [3.05, 3.63) is 35.9 Å². The summed E-state index contributed by atoms with van der Waals surface area (Å²) < 4.78 is 0. The van der Waals surface area contributed by atoms with E-state index in [9.17, 15) is 4.79 Å². The second-order valence-corrected chi connectivity index (χ2v) is 6.17. The van der Waals surface area contributed by atoms with E-state index in [1.165, 1.54) is 30.6 Å². The highest BCUT2D eigenvalue weighted by Gasteiger charge is 2.30. The van der Waals surface area contributed by atoms with Crippen molar-refractivity contribution in [2.45, 2.75) is 31.8 Å². The molecule has 1 N–H and O–H groups in total. The van der Waals surface area contributed by atoms with Crippen LogP contribution < -0.4 is 5.32 Å². The first-order chi connectivity index (χ1) is 9.83. The lowest BCUT2D eigenvalue weighted by molar-refractivity contribution is -0.128. The predicted octanol–water partition coefficient (Wildman–Crippen LogP) is 3.04. The lowest BCUT2D eigenvalue weighted by atomic mass is 10.1. The monoisotopic (exact) mass is 292 g/mol. The smallest absolute Gasteiger partial charge is 0.238 e. The van der Waals surface area contributed by atoms with Gasteiger partial charge < -0.3 is 4.90 Å². The number of thioether (sulfide) groups is 1. The van der Waals surface area contributed by atoms with Gasteiger partial charge in [0.2, 0.25) is 5.91 Å². The number of nitrogens with one attached hydrogen (secondary N) is 1. The summed E-state index contributed by atoms with van der Waals surface area (Å²) in [5.41, 5.74) is 1.18. The zero-order valence-corrected chi connectivity index (χ0v) is 13.0. The minimum Gasteiger partial charge on any atom is -0.322 e. The molecule has 1 aromatic carbocycles. The van der Waals surface area contributed by atoms with Gasteiger partial charge >= 0.3 is 0 Å². The number of unbranched alkanes of at least 4 members (excludes halogenated alkanes) is 3. The van der Waals surface area contributed by atoms with Crippen LogP contribution in [0.5, 0.6) is 0 Å². The molecule has 1 amide bonds. The standard InChI is InChI=1S/C16H24N2OS/c1-20-12-8-3-2-7-11-18-15(19)13-17-16(18)14-9-5-4-6-10-14/h4-6,9-10,16-17H,2-3,7-8,11-13H2,1H3. The van der Waals surface area contributed by atoms with Gasteiger partial charge in [-0.1, -0.05) is 43.2 Å². The van der Waals surface area contributed by atoms with E-state index in [1.807, 2.05) is 34.9 Å². The Hall–Kier alpha value is -1.00. The zero-order valence-electron chi connectivity index (χ0n) is 12.2. The predicted molar refractivity (Wildman–Crippen MR) is 85.7 cm³/mol. The fraction of sp³-hybridized carbons (Fsp3) is 0.562. The second kappa shape index (κ2) is 8.32. The van der Waals surface area contributed by atoms with E-state index in [1.54, 1.807) is 0 Å². The Morgan fingerprint density at radius 3 is 2.70 bits per heavy atom. The number of hydrogen-bond acceptors (Lipinski definition) is 3. The molecule has 1 aliphatic heterocycles. The molecule has 0 bridgehead atoms. The molecule has 1 heterocycles. The first-order valence-electron chi connectivity index (χ1n) is 7.39. The Labute approximate surface area is 126 Å². The van der Waals surface area contributed by atoms with Crippen LogP contribution in [0.4, 0.5) is 0 Å². The van der Waals surface area contributed by atoms with Crippen molar-refractivity contribution in [3.63, 3.8) is 0 Å². The Morgan fingerprint density at radius 2 is 1.95 bits per heavy atom. The van der Waals surface area contributed by atoms with E-state index in [-0.39, 0.29) is 12.1 Å². The fourth-order valence-electron chi connectivity index (χ4n) is 2.61. The third kappa shape index (κ3) is 4.25. The van der Waals surface area contributed by atoms with Crippen molar-refractivity contribution < 1.29 is 4.79 Å². The van der Waals surface area contributed by atoms with Crippen LogP contribution in [0, 0.1) is 0 Å². The van der Waals surface area contributed by atoms with E-state index in [4.69, 9.17) is 0 Å². The molecule has 4 heteroatoms. The Morgan fingerprint density at radius 1 is 1.20 bits per heavy atom. The zero-order chi connectivity index (χ0) is 14.2. The minimum absolute atomic E-state index is 0.0647. The van der Waals surface area contributed by atoms with Gasteiger partial charge in [-0.25, -0.2) is 0 Å². The summed E-state index contributed by atoms with van der Waals surface area (Å²) in [4.78, 5) is 14.0. The van der Waals surface area contributed by atoms with Gasteiger partial charge in [0.05, 0.1) is 6.54 Å². The Balaban J connectivity index is 1.80. The quantitative estimate of drug-likeness (QED) is 0.748. The van der Waals surface area contributed by atoms with Crippen molar-refractivity contribution in [1.82, 2.24) is 10.2 Å². The summed E-state index contributed by atoms with van der Waals surface area (Å²) in [6, 6.07) is 10.2. The Kier molecular flexibility index (Phi) is 6.40. The molecular weight excluding hydrogens is 268 g/mol. The first kappa shape index (κ1) is 15.4. The molecule has 0 spiro atoms. The molecular formula is C16H24N2OS. The van der Waals surface area contributed by atoms with Gasteiger partial charge in [-0.2, -0.15) is 11.8 Å². The molecule has 1 fully saturated rings. The molecule has 1 unspecified atom stereocenters. The number of rotatable bonds is 8. The number of nitrogens with zero attached hydrogens (tertiary/aromatic N) is 1. The molecule has 1 aromatic rings. The summed E-state index contributed by atoms with van der Waals surface area (Å²) in [6.45, 7) is 1.33. The van der Waals surface area contributed by atoms with E-state index in [2.05, 4.69) is 23.7 Å². The second-order valence-electron chi connectivity index (χ2n) is 5.19. The van der Waals surface area contributed by atoms with Crippen LogP contribution in [0.25, 0.3) is 0 Å². The van der Waals surface area contributed by atoms with E-state index in [0.717, 1.165) is 13.0 Å². The maximum Gasteiger partial charge on any atom is 0.238 e. The molecule has 3 nitrogen and oxygen atoms in total. The SMILES string of the molecule is CSCCCCCCN1C(=O)CNC1c1ccccc1. The average molecular weight is 292 g/mol. The van der Waals surface area contributed by atoms with Crippen LogP contribution >= 0.6 is 11.8 Å². The molecule has 0 aliphatic carbocycles. The first-order valence-corrected chi connectivity index (χ1v) is 8.79. The van der Waals surface area contributed by atoms with Gasteiger partial charge in [0.25, 0.3) is 0 Å². The third-order valence-corrected chi connectivity index (χ3v) is 4.39. The maximum atomic E-state index is 12.0. The van der Waals surface area contributed by atoms with E-state index >= 15 is 0 Å². The highest BCUT2D eigenvalue weighted by Crippen LogP contribution is 2.22. The molecule has 20 heavy (non-hydrogen) atoms. The minimum atomic E-state index is 0.0647. The van der Waals surface area contributed by atoms with Crippen molar-refractivity contribution in [1.29, 1.82) is 0 Å². The van der Waals surface area contributed by atoms with Crippen LogP contribution in [0.15, 0.2) is 30.3 Å². The highest BCUT2D eigenvalue weighted by atomic mass is 32.2. The largest absolute Gasteiger partial charge is 0.322 e. The number of hydrogen-bond donors (Lipinski definition) is 1. The molecule has 1 aliphatic rings. The van der Waals surface area contributed by atoms with Gasteiger partial charge in [-0.3, -0.25) is 10.1 Å². The summed E-state index contributed by atoms with van der Waals surface area (Å²) in [6.07, 6.45) is 7.09. The van der Waals surface area contributed by atoms with Crippen LogP contribution in [0.2, 0.25) is 0 Å². The van der Waals surface area contributed by atoms with E-state index < -0.39 is 0 Å². The molecule has 0 saturated carbocycles. The lowest BCUT2D eigenvalue weighted by Gasteiger charge is -2.24. The van der Waals surface area contributed by atoms with Crippen LogP contribution in [-0.4, -0.2) is 35.9 Å². The van der Waals surface area contributed by atoms with Crippen LogP contribution in [-0.2, 0) is 4.79 Å². The van der Waals surface area contributed by atoms with Crippen molar-refractivity contribution in [2.24, 2.45) is 0 Å². The topological polar surface area (TPSA) is 32.3 Å². The summed E-state index contributed by atoms with van der Waals surface area (Å²) in [5, 5.41) is 3.31. The van der Waals surface area contributed by atoms with Crippen molar-refractivity contribution >= 4 is 17.7 Å². The molecule has 110 valence electrons. The maximum absolute atomic E-state index is 12.0. The molecule has 2 rings (SSSR count). The fourth-order valence-corrected chi connectivity index (χ4v) is 3.10. The van der Waals surface area contributed by atoms with Gasteiger partial charge in [0, 0.05) is 6.54 Å². The molecule has 1 atom stereocenters. The van der Waals surface area contributed by atoms with E-state index in [0.29, 0.717) is 6.54 Å². The number of benzene rings is 1. The summed E-state index contributed by atoms with van der Waals surface area (Å²) in [7, 11) is 0. The van der Waals surface area contributed by atoms with Gasteiger partial charge in [0.1, 0.15) is 6.17 Å². The number of amides is 1.